The van der Waals surface area contributed by atoms with Crippen molar-refractivity contribution < 1.29 is 18.4 Å². The Morgan fingerprint density at radius 2 is 1.78 bits per heavy atom. The van der Waals surface area contributed by atoms with Crippen LogP contribution in [-0.2, 0) is 16.2 Å². The number of fused-ring (bicyclic) bond motifs is 2. The van der Waals surface area contributed by atoms with Crippen LogP contribution in [0.15, 0.2) is 66.7 Å². The first-order chi connectivity index (χ1) is 15.4. The fraction of sp³-hybridized carbons (Fsp3) is 0.167. The zero-order chi connectivity index (χ0) is 22.5. The highest BCUT2D eigenvalue weighted by Gasteiger charge is 2.59. The van der Waals surface area contributed by atoms with Crippen LogP contribution < -0.4 is 4.90 Å². The SMILES string of the molecule is O=C(c1ccc(Cl)cc1)N1CCS[C@]12C(=O)N(Cc1cccc(F)c1)c1ccc(F)cc12. The molecule has 1 fully saturated rings. The van der Waals surface area contributed by atoms with Gasteiger partial charge < -0.3 is 9.80 Å². The molecule has 2 aliphatic rings. The summed E-state index contributed by atoms with van der Waals surface area (Å²) in [4.78, 5) is 28.9. The third-order valence-corrected chi connectivity index (χ3v) is 7.39. The van der Waals surface area contributed by atoms with E-state index in [1.165, 1.54) is 45.8 Å². The van der Waals surface area contributed by atoms with Crippen molar-refractivity contribution in [3.63, 3.8) is 0 Å². The van der Waals surface area contributed by atoms with E-state index in [4.69, 9.17) is 11.6 Å². The molecule has 2 aliphatic heterocycles. The third-order valence-electron chi connectivity index (χ3n) is 5.72. The maximum atomic E-state index is 14.3. The predicted octanol–water partition coefficient (Wildman–Crippen LogP) is 5.21. The molecule has 0 aliphatic carbocycles. The first-order valence-electron chi connectivity index (χ1n) is 9.98. The molecule has 32 heavy (non-hydrogen) atoms. The lowest BCUT2D eigenvalue weighted by Crippen LogP contribution is -2.50. The van der Waals surface area contributed by atoms with Gasteiger partial charge in [0.15, 0.2) is 4.87 Å². The molecule has 3 aromatic carbocycles. The second-order valence-electron chi connectivity index (χ2n) is 7.64. The Bertz CT molecular complexity index is 1240. The number of benzene rings is 3. The molecule has 162 valence electrons. The second-order valence-corrected chi connectivity index (χ2v) is 9.36. The van der Waals surface area contributed by atoms with E-state index in [0.29, 0.717) is 39.7 Å². The number of hydrogen-bond acceptors (Lipinski definition) is 3. The molecule has 4 nitrogen and oxygen atoms in total. The van der Waals surface area contributed by atoms with Crippen LogP contribution in [0.4, 0.5) is 14.5 Å². The third kappa shape index (κ3) is 3.27. The summed E-state index contributed by atoms with van der Waals surface area (Å²) in [5.74, 6) is -1.04. The number of nitrogens with zero attached hydrogens (tertiary/aromatic N) is 2. The van der Waals surface area contributed by atoms with Gasteiger partial charge in [0, 0.05) is 28.4 Å². The molecular weight excluding hydrogens is 454 g/mol. The Morgan fingerprint density at radius 3 is 2.53 bits per heavy atom. The molecule has 0 bridgehead atoms. The van der Waals surface area contributed by atoms with Crippen LogP contribution in [0, 0.1) is 11.6 Å². The van der Waals surface area contributed by atoms with E-state index in [-0.39, 0.29) is 18.4 Å². The van der Waals surface area contributed by atoms with Crippen LogP contribution in [0.1, 0.15) is 21.5 Å². The first kappa shape index (κ1) is 21.0. The van der Waals surface area contributed by atoms with Crippen molar-refractivity contribution in [2.75, 3.05) is 17.2 Å². The highest BCUT2D eigenvalue weighted by molar-refractivity contribution is 8.01. The van der Waals surface area contributed by atoms with Crippen LogP contribution in [-0.4, -0.2) is 29.0 Å². The summed E-state index contributed by atoms with van der Waals surface area (Å²) < 4.78 is 28.1. The predicted molar refractivity (Wildman–Crippen MR) is 121 cm³/mol. The van der Waals surface area contributed by atoms with Gasteiger partial charge in [-0.15, -0.1) is 11.8 Å². The minimum atomic E-state index is -1.37. The number of hydrogen-bond donors (Lipinski definition) is 0. The quantitative estimate of drug-likeness (QED) is 0.528. The molecule has 2 amide bonds. The van der Waals surface area contributed by atoms with Crippen molar-refractivity contribution in [1.29, 1.82) is 0 Å². The van der Waals surface area contributed by atoms with E-state index >= 15 is 0 Å². The standard InChI is InChI=1S/C24H17ClF2N2O2S/c25-17-6-4-16(5-7-17)22(30)29-10-11-32-24(29)20-13-19(27)8-9-21(20)28(23(24)31)14-15-2-1-3-18(26)12-15/h1-9,12-13H,10-11,14H2/t24-/m1/s1. The summed E-state index contributed by atoms with van der Waals surface area (Å²) in [7, 11) is 0. The Hall–Kier alpha value is -2.90. The van der Waals surface area contributed by atoms with E-state index in [9.17, 15) is 18.4 Å². The number of thioether (sulfide) groups is 1. The summed E-state index contributed by atoms with van der Waals surface area (Å²) in [5.41, 5.74) is 1.95. The molecule has 0 radical (unpaired) electrons. The topological polar surface area (TPSA) is 40.6 Å². The van der Waals surface area contributed by atoms with Crippen LogP contribution in [0.25, 0.3) is 0 Å². The fourth-order valence-corrected chi connectivity index (χ4v) is 5.89. The molecule has 3 aromatic rings. The molecule has 5 rings (SSSR count). The van der Waals surface area contributed by atoms with E-state index < -0.39 is 16.5 Å². The Morgan fingerprint density at radius 1 is 1.03 bits per heavy atom. The first-order valence-corrected chi connectivity index (χ1v) is 11.3. The van der Waals surface area contributed by atoms with E-state index in [2.05, 4.69) is 0 Å². The van der Waals surface area contributed by atoms with Crippen LogP contribution >= 0.6 is 23.4 Å². The molecule has 0 unspecified atom stereocenters. The number of rotatable bonds is 3. The zero-order valence-corrected chi connectivity index (χ0v) is 18.3. The number of carbonyl (C=O) groups excluding carboxylic acids is 2. The summed E-state index contributed by atoms with van der Waals surface area (Å²) in [6.45, 7) is 0.447. The summed E-state index contributed by atoms with van der Waals surface area (Å²) >= 11 is 7.26. The Kier molecular flexibility index (Phi) is 5.18. The molecule has 8 heteroatoms. The summed E-state index contributed by atoms with van der Waals surface area (Å²) in [5, 5.41) is 0.498. The molecular formula is C24H17ClF2N2O2S. The van der Waals surface area contributed by atoms with Gasteiger partial charge in [0.25, 0.3) is 11.8 Å². The minimum Gasteiger partial charge on any atom is -0.311 e. The van der Waals surface area contributed by atoms with Gasteiger partial charge in [-0.05, 0) is 60.2 Å². The molecule has 0 aromatic heterocycles. The lowest BCUT2D eigenvalue weighted by atomic mass is 10.0. The van der Waals surface area contributed by atoms with Gasteiger partial charge in [0.05, 0.1) is 12.2 Å². The Balaban J connectivity index is 1.59. The second kappa shape index (κ2) is 7.90. The lowest BCUT2D eigenvalue weighted by Gasteiger charge is -2.33. The number of halogens is 3. The highest BCUT2D eigenvalue weighted by Crippen LogP contribution is 2.54. The van der Waals surface area contributed by atoms with Gasteiger partial charge in [-0.1, -0.05) is 23.7 Å². The Labute approximate surface area is 192 Å². The zero-order valence-electron chi connectivity index (χ0n) is 16.7. The summed E-state index contributed by atoms with van der Waals surface area (Å²) in [6, 6.07) is 16.6. The molecule has 1 saturated heterocycles. The minimum absolute atomic E-state index is 0.112. The van der Waals surface area contributed by atoms with Gasteiger partial charge >= 0.3 is 0 Å². The van der Waals surface area contributed by atoms with Crippen molar-refractivity contribution in [2.24, 2.45) is 0 Å². The van der Waals surface area contributed by atoms with E-state index in [0.717, 1.165) is 0 Å². The molecule has 0 N–H and O–H groups in total. The van der Waals surface area contributed by atoms with Crippen LogP contribution in [0.2, 0.25) is 5.02 Å². The van der Waals surface area contributed by atoms with Crippen molar-refractivity contribution in [1.82, 2.24) is 4.90 Å². The van der Waals surface area contributed by atoms with Crippen molar-refractivity contribution in [3.05, 3.63) is 100 Å². The van der Waals surface area contributed by atoms with Gasteiger partial charge in [-0.25, -0.2) is 8.78 Å². The molecule has 1 atom stereocenters. The van der Waals surface area contributed by atoms with Crippen LogP contribution in [0.5, 0.6) is 0 Å². The molecule has 2 heterocycles. The maximum absolute atomic E-state index is 14.3. The largest absolute Gasteiger partial charge is 0.311 e. The van der Waals surface area contributed by atoms with Crippen molar-refractivity contribution in [2.45, 2.75) is 11.4 Å². The van der Waals surface area contributed by atoms with E-state index in [1.807, 2.05) is 0 Å². The number of carbonyl (C=O) groups is 2. The fourth-order valence-electron chi connectivity index (χ4n) is 4.31. The number of amides is 2. The average Bonchev–Trinajstić information content (AvgIpc) is 3.31. The monoisotopic (exact) mass is 470 g/mol. The smallest absolute Gasteiger partial charge is 0.268 e. The van der Waals surface area contributed by atoms with Gasteiger partial charge in [0.2, 0.25) is 0 Å². The van der Waals surface area contributed by atoms with Gasteiger partial charge in [-0.2, -0.15) is 0 Å². The number of anilines is 1. The van der Waals surface area contributed by atoms with Gasteiger partial charge in [-0.3, -0.25) is 9.59 Å². The van der Waals surface area contributed by atoms with Crippen molar-refractivity contribution >= 4 is 40.9 Å². The highest BCUT2D eigenvalue weighted by atomic mass is 35.5. The normalized spacial score (nSPS) is 19.7. The van der Waals surface area contributed by atoms with E-state index in [1.54, 1.807) is 42.5 Å². The van der Waals surface area contributed by atoms with Crippen molar-refractivity contribution in [3.8, 4) is 0 Å². The van der Waals surface area contributed by atoms with Crippen LogP contribution in [0.3, 0.4) is 0 Å². The molecule has 1 spiro atoms. The summed E-state index contributed by atoms with van der Waals surface area (Å²) in [6.07, 6.45) is 0. The maximum Gasteiger partial charge on any atom is 0.268 e. The van der Waals surface area contributed by atoms with Gasteiger partial charge in [0.1, 0.15) is 11.6 Å². The lowest BCUT2D eigenvalue weighted by molar-refractivity contribution is -0.123. The average molecular weight is 471 g/mol. The molecule has 0 saturated carbocycles.